The first kappa shape index (κ1) is 15.4. The van der Waals surface area contributed by atoms with Gasteiger partial charge in [0.15, 0.2) is 9.84 Å². The summed E-state index contributed by atoms with van der Waals surface area (Å²) in [6.07, 6.45) is 5.10. The lowest BCUT2D eigenvalue weighted by atomic mass is 10.3. The van der Waals surface area contributed by atoms with Gasteiger partial charge in [-0.25, -0.2) is 17.8 Å². The summed E-state index contributed by atoms with van der Waals surface area (Å²) in [4.78, 5) is 13.7. The first-order valence-electron chi connectivity index (χ1n) is 5.44. The number of sulfone groups is 1. The first-order valence-corrected chi connectivity index (χ1v) is 7.26. The molecule has 102 valence electrons. The van der Waals surface area contributed by atoms with E-state index in [1.54, 1.807) is 35.1 Å². The van der Waals surface area contributed by atoms with Gasteiger partial charge >= 0.3 is 6.03 Å². The number of aromatic nitrogens is 2. The average Bonchev–Trinajstić information content (AvgIpc) is 2.62. The Balaban J connectivity index is 0.00000162. The van der Waals surface area contributed by atoms with Gasteiger partial charge in [0.25, 0.3) is 6.33 Å². The predicted octanol–water partition coefficient (Wildman–Crippen LogP) is -3.60. The lowest BCUT2D eigenvalue weighted by molar-refractivity contribution is -0.670. The molecule has 18 heavy (non-hydrogen) atoms. The third kappa shape index (κ3) is 3.22. The topological polar surface area (TPSA) is 63.3 Å². The highest BCUT2D eigenvalue weighted by Crippen LogP contribution is 2.12. The van der Waals surface area contributed by atoms with E-state index in [-0.39, 0.29) is 54.1 Å². The zero-order chi connectivity index (χ0) is 12.6. The van der Waals surface area contributed by atoms with Crippen molar-refractivity contribution < 1.29 is 41.8 Å². The van der Waals surface area contributed by atoms with Gasteiger partial charge in [0.1, 0.15) is 12.4 Å². The highest BCUT2D eigenvalue weighted by Gasteiger charge is 2.33. The van der Waals surface area contributed by atoms with Gasteiger partial charge in [-0.3, -0.25) is 4.90 Å². The fourth-order valence-electron chi connectivity index (χ4n) is 1.99. The number of nitrogens with zero attached hydrogens (tertiary/aromatic N) is 3. The number of carbonyl (C=O) groups excluding carboxylic acids is 1. The molecule has 1 fully saturated rings. The fourth-order valence-corrected chi connectivity index (χ4v) is 3.55. The number of imidazole rings is 1. The van der Waals surface area contributed by atoms with E-state index in [9.17, 15) is 13.2 Å². The Hall–Kier alpha value is -0.640. The molecule has 8 heteroatoms. The van der Waals surface area contributed by atoms with Crippen LogP contribution in [0.4, 0.5) is 4.79 Å². The van der Waals surface area contributed by atoms with Crippen LogP contribution in [-0.4, -0.2) is 48.0 Å². The van der Waals surface area contributed by atoms with Crippen LogP contribution >= 0.6 is 0 Å². The lowest BCUT2D eigenvalue weighted by Gasteiger charge is -2.30. The van der Waals surface area contributed by atoms with Crippen LogP contribution in [0, 0.1) is 0 Å². The summed E-state index contributed by atoms with van der Waals surface area (Å²) in [6.45, 7) is 2.03. The molecule has 0 bridgehead atoms. The highest BCUT2D eigenvalue weighted by molar-refractivity contribution is 7.91. The molecule has 1 aromatic heterocycles. The predicted molar refractivity (Wildman–Crippen MR) is 61.2 cm³/mol. The zero-order valence-corrected chi connectivity index (χ0v) is 13.3. The highest BCUT2D eigenvalue weighted by atomic mass is 127. The molecule has 1 saturated heterocycles. The number of hydrogen-bond acceptors (Lipinski definition) is 3. The van der Waals surface area contributed by atoms with E-state index in [0.29, 0.717) is 0 Å². The van der Waals surface area contributed by atoms with Gasteiger partial charge in [0.05, 0.1) is 18.6 Å². The quantitative estimate of drug-likeness (QED) is 0.343. The first-order chi connectivity index (χ1) is 7.89. The van der Waals surface area contributed by atoms with Crippen molar-refractivity contribution in [3.8, 4) is 0 Å². The Labute approximate surface area is 124 Å². The van der Waals surface area contributed by atoms with E-state index in [4.69, 9.17) is 0 Å². The Morgan fingerprint density at radius 3 is 2.61 bits per heavy atom. The molecule has 0 aromatic carbocycles. The van der Waals surface area contributed by atoms with Crippen LogP contribution in [0.15, 0.2) is 18.7 Å². The number of aryl methyl sites for hydroxylation is 1. The van der Waals surface area contributed by atoms with Gasteiger partial charge in [0.2, 0.25) is 0 Å². The molecule has 2 heterocycles. The number of amides is 1. The van der Waals surface area contributed by atoms with Crippen molar-refractivity contribution in [2.75, 3.05) is 18.1 Å². The molecule has 1 atom stereocenters. The summed E-state index contributed by atoms with van der Waals surface area (Å²) in [5.74, 6) is 0.0998. The van der Waals surface area contributed by atoms with Gasteiger partial charge in [0, 0.05) is 12.6 Å². The number of carbonyl (C=O) groups is 1. The van der Waals surface area contributed by atoms with Gasteiger partial charge in [-0.05, 0) is 6.92 Å². The molecule has 0 saturated carbocycles. The normalized spacial score (nSPS) is 22.3. The van der Waals surface area contributed by atoms with Crippen molar-refractivity contribution in [2.24, 2.45) is 7.05 Å². The molecular weight excluding hydrogens is 369 g/mol. The maximum atomic E-state index is 12.1. The van der Waals surface area contributed by atoms with Crippen molar-refractivity contribution >= 4 is 15.9 Å². The van der Waals surface area contributed by atoms with Crippen molar-refractivity contribution in [2.45, 2.75) is 13.0 Å². The van der Waals surface area contributed by atoms with Crippen molar-refractivity contribution in [3.63, 3.8) is 0 Å². The fraction of sp³-hybridized carbons (Fsp3) is 0.600. The molecule has 0 N–H and O–H groups in total. The van der Waals surface area contributed by atoms with E-state index in [1.165, 1.54) is 4.57 Å². The maximum absolute atomic E-state index is 12.1. The standard InChI is InChI=1S/C10H16N3O3S.HI/c1-9-7-17(15,16)6-5-13(9)10(14)12-4-3-11(2)8-12;/h3-4,8-9H,5-7H2,1-2H3;1H/q+1;/p-1. The summed E-state index contributed by atoms with van der Waals surface area (Å²) in [5, 5.41) is 0. The van der Waals surface area contributed by atoms with Crippen LogP contribution in [-0.2, 0) is 16.9 Å². The van der Waals surface area contributed by atoms with Gasteiger partial charge < -0.3 is 24.0 Å². The number of hydrogen-bond donors (Lipinski definition) is 0. The largest absolute Gasteiger partial charge is 1.00 e. The van der Waals surface area contributed by atoms with E-state index >= 15 is 0 Å². The van der Waals surface area contributed by atoms with E-state index < -0.39 is 9.84 Å². The molecule has 1 unspecified atom stereocenters. The van der Waals surface area contributed by atoms with Gasteiger partial charge in [-0.2, -0.15) is 4.57 Å². The minimum absolute atomic E-state index is 0. The molecule has 1 aromatic rings. The molecule has 0 spiro atoms. The Kier molecular flexibility index (Phi) is 4.76. The van der Waals surface area contributed by atoms with Crippen molar-refractivity contribution in [1.29, 1.82) is 0 Å². The van der Waals surface area contributed by atoms with Crippen LogP contribution in [0.5, 0.6) is 0 Å². The smallest absolute Gasteiger partial charge is 0.416 e. The monoisotopic (exact) mass is 385 g/mol. The minimum atomic E-state index is -2.98. The Morgan fingerprint density at radius 1 is 1.44 bits per heavy atom. The van der Waals surface area contributed by atoms with Crippen LogP contribution in [0.2, 0.25) is 0 Å². The van der Waals surface area contributed by atoms with Crippen LogP contribution in [0.3, 0.4) is 0 Å². The van der Waals surface area contributed by atoms with E-state index in [2.05, 4.69) is 0 Å². The summed E-state index contributed by atoms with van der Waals surface area (Å²) >= 11 is 0. The van der Waals surface area contributed by atoms with Crippen molar-refractivity contribution in [1.82, 2.24) is 9.47 Å². The SMILES string of the molecule is CC1CS(=O)(=O)CCN1C(=O)n1cc[n+](C)c1.[I-]. The second kappa shape index (κ2) is 5.55. The second-order valence-corrected chi connectivity index (χ2v) is 6.65. The minimum Gasteiger partial charge on any atom is -1.00 e. The zero-order valence-electron chi connectivity index (χ0n) is 10.3. The Bertz CT molecular complexity index is 540. The molecule has 1 amide bonds. The maximum Gasteiger partial charge on any atom is 0.416 e. The van der Waals surface area contributed by atoms with Gasteiger partial charge in [-0.1, -0.05) is 0 Å². The molecule has 6 nitrogen and oxygen atoms in total. The van der Waals surface area contributed by atoms with E-state index in [0.717, 1.165) is 0 Å². The van der Waals surface area contributed by atoms with Gasteiger partial charge in [-0.15, -0.1) is 0 Å². The molecule has 0 radical (unpaired) electrons. The molecule has 0 aliphatic carbocycles. The number of halogens is 1. The molecular formula is C10H16IN3O3S. The second-order valence-electron chi connectivity index (χ2n) is 4.43. The molecule has 2 rings (SSSR count). The third-order valence-electron chi connectivity index (χ3n) is 2.91. The summed E-state index contributed by atoms with van der Waals surface area (Å²) < 4.78 is 26.1. The summed E-state index contributed by atoms with van der Waals surface area (Å²) in [7, 11) is -1.16. The molecule has 1 aliphatic heterocycles. The Morgan fingerprint density at radius 2 is 2.11 bits per heavy atom. The van der Waals surface area contributed by atoms with Crippen molar-refractivity contribution in [3.05, 3.63) is 18.7 Å². The lowest BCUT2D eigenvalue weighted by Crippen LogP contribution is -3.00. The number of rotatable bonds is 0. The summed E-state index contributed by atoms with van der Waals surface area (Å²) in [6, 6.07) is -0.443. The molecule has 1 aliphatic rings. The van der Waals surface area contributed by atoms with Crippen LogP contribution < -0.4 is 28.5 Å². The third-order valence-corrected chi connectivity index (χ3v) is 4.70. The average molecular weight is 385 g/mol. The van der Waals surface area contributed by atoms with E-state index in [1.807, 2.05) is 7.05 Å². The summed E-state index contributed by atoms with van der Waals surface area (Å²) in [5.41, 5.74) is 0. The van der Waals surface area contributed by atoms with Crippen LogP contribution in [0.25, 0.3) is 0 Å². The van der Waals surface area contributed by atoms with Crippen LogP contribution in [0.1, 0.15) is 6.92 Å².